The maximum absolute atomic E-state index is 10.1. The maximum Gasteiger partial charge on any atom is 0.137 e. The number of benzene rings is 3. The van der Waals surface area contributed by atoms with Gasteiger partial charge in [-0.15, -0.1) is 0 Å². The Balaban J connectivity index is 1.11. The molecule has 7 heteroatoms. The van der Waals surface area contributed by atoms with Crippen LogP contribution in [0.3, 0.4) is 0 Å². The minimum absolute atomic E-state index is 0.395. The van der Waals surface area contributed by atoms with Gasteiger partial charge in [0, 0.05) is 0 Å². The summed E-state index contributed by atoms with van der Waals surface area (Å²) in [6, 6.07) is 32.3. The first kappa shape index (κ1) is 34.3. The highest BCUT2D eigenvalue weighted by Gasteiger charge is 2.43. The number of rotatable bonds is 19. The average molecular weight is 605 g/mol. The van der Waals surface area contributed by atoms with Gasteiger partial charge in [0.1, 0.15) is 30.6 Å². The molecule has 1 saturated heterocycles. The topological polar surface area (TPSA) is 114 Å². The monoisotopic (exact) mass is 604 g/mol. The summed E-state index contributed by atoms with van der Waals surface area (Å²) in [5.74, 6) is 0. The van der Waals surface area contributed by atoms with Gasteiger partial charge in [-0.25, -0.2) is 0 Å². The molecule has 0 saturated carbocycles. The fourth-order valence-electron chi connectivity index (χ4n) is 6.33. The largest absolute Gasteiger partial charge is 0.394 e. The summed E-state index contributed by atoms with van der Waals surface area (Å²) in [6.45, 7) is 1.18. The lowest BCUT2D eigenvalue weighted by Crippen LogP contribution is -2.62. The van der Waals surface area contributed by atoms with Crippen LogP contribution in [0.25, 0.3) is 0 Å². The lowest BCUT2D eigenvalue weighted by molar-refractivity contribution is -0.236. The molecule has 0 aliphatic carbocycles. The van der Waals surface area contributed by atoms with Gasteiger partial charge in [0.05, 0.1) is 12.1 Å². The van der Waals surface area contributed by atoms with Crippen LogP contribution in [0.5, 0.6) is 0 Å². The third-order valence-corrected chi connectivity index (χ3v) is 8.85. The van der Waals surface area contributed by atoms with Crippen LogP contribution in [0.1, 0.15) is 80.9 Å². The molecule has 0 radical (unpaired) electrons. The lowest BCUT2D eigenvalue weighted by Gasteiger charge is -2.40. The van der Waals surface area contributed by atoms with E-state index in [1.165, 1.54) is 61.6 Å². The van der Waals surface area contributed by atoms with E-state index in [4.69, 9.17) is 4.74 Å². The van der Waals surface area contributed by atoms with Crippen molar-refractivity contribution in [3.05, 3.63) is 108 Å². The third-order valence-electron chi connectivity index (χ3n) is 8.85. The number of hydrogen-bond donors (Lipinski definition) is 6. The second-order valence-electron chi connectivity index (χ2n) is 12.0. The molecule has 7 nitrogen and oxygen atoms in total. The van der Waals surface area contributed by atoms with E-state index in [-0.39, 0.29) is 0 Å². The van der Waals surface area contributed by atoms with E-state index in [2.05, 4.69) is 102 Å². The summed E-state index contributed by atoms with van der Waals surface area (Å²) in [5, 5.41) is 46.3. The van der Waals surface area contributed by atoms with E-state index in [1.807, 2.05) is 0 Å². The average Bonchev–Trinajstić information content (AvgIpc) is 3.07. The van der Waals surface area contributed by atoms with Crippen molar-refractivity contribution in [2.45, 2.75) is 100 Å². The summed E-state index contributed by atoms with van der Waals surface area (Å²) in [6.07, 6.45) is 6.26. The smallest absolute Gasteiger partial charge is 0.137 e. The Morgan fingerprint density at radius 1 is 0.523 bits per heavy atom. The van der Waals surface area contributed by atoms with E-state index >= 15 is 0 Å². The molecule has 5 atom stereocenters. The number of aliphatic hydroxyl groups excluding tert-OH is 4. The normalized spacial score (nSPS) is 22.2. The third kappa shape index (κ3) is 9.21. The van der Waals surface area contributed by atoms with Gasteiger partial charge in [-0.1, -0.05) is 142 Å². The van der Waals surface area contributed by atoms with Gasteiger partial charge in [0.25, 0.3) is 0 Å². The Bertz CT molecular complexity index is 1070. The number of hydrogen-bond acceptors (Lipinski definition) is 7. The second-order valence-corrected chi connectivity index (χ2v) is 12.0. The maximum atomic E-state index is 10.1. The van der Waals surface area contributed by atoms with Crippen molar-refractivity contribution in [2.24, 2.45) is 0 Å². The fourth-order valence-corrected chi connectivity index (χ4v) is 6.33. The Kier molecular flexibility index (Phi) is 14.3. The fraction of sp³-hybridized carbons (Fsp3) is 0.514. The zero-order valence-electron chi connectivity index (χ0n) is 25.9. The Morgan fingerprint density at radius 3 is 1.36 bits per heavy atom. The highest BCUT2D eigenvalue weighted by molar-refractivity contribution is 5.49. The molecule has 240 valence electrons. The zero-order valence-corrected chi connectivity index (χ0v) is 25.9. The first-order chi connectivity index (χ1) is 21.6. The van der Waals surface area contributed by atoms with Gasteiger partial charge in [-0.05, 0) is 42.6 Å². The molecule has 0 aromatic heterocycles. The predicted octanol–water partition coefficient (Wildman–Crippen LogP) is 4.86. The van der Waals surface area contributed by atoms with Crippen LogP contribution in [-0.4, -0.2) is 70.8 Å². The van der Waals surface area contributed by atoms with E-state index in [0.29, 0.717) is 6.54 Å². The molecule has 6 N–H and O–H groups in total. The van der Waals surface area contributed by atoms with Crippen molar-refractivity contribution in [2.75, 3.05) is 19.7 Å². The van der Waals surface area contributed by atoms with Crippen LogP contribution < -0.4 is 10.6 Å². The van der Waals surface area contributed by atoms with Crippen LogP contribution in [0, 0.1) is 0 Å². The highest BCUT2D eigenvalue weighted by Crippen LogP contribution is 2.36. The van der Waals surface area contributed by atoms with E-state index in [9.17, 15) is 20.4 Å². The molecule has 1 aliphatic rings. The Hall–Kier alpha value is -2.62. The molecule has 3 aromatic rings. The van der Waals surface area contributed by atoms with Gasteiger partial charge in [-0.3, -0.25) is 10.6 Å². The van der Waals surface area contributed by atoms with Crippen molar-refractivity contribution in [3.8, 4) is 0 Å². The summed E-state index contributed by atoms with van der Waals surface area (Å²) in [4.78, 5) is 0. The standard InChI is InChI=1S/C37H52N2O5/c40-28-32-33(41)34(42)35(43)36(44-32)38-26-18-7-5-3-1-2-4-6-8-19-27-39-37(29-20-12-9-13-21-29,30-22-14-10-15-23-30)31-24-16-11-17-25-31/h9-17,20-25,32-36,38-43H,1-8,18-19,26-28H2/t32-,33-,34+,35+,36+/m1/s1. The lowest BCUT2D eigenvalue weighted by atomic mass is 9.77. The number of aliphatic hydroxyl groups is 4. The van der Waals surface area contributed by atoms with Gasteiger partial charge < -0.3 is 25.2 Å². The molecule has 44 heavy (non-hydrogen) atoms. The molecular weight excluding hydrogens is 552 g/mol. The van der Waals surface area contributed by atoms with E-state index in [1.54, 1.807) is 0 Å². The quantitative estimate of drug-likeness (QED) is 0.0856. The minimum atomic E-state index is -1.33. The zero-order chi connectivity index (χ0) is 31.0. The predicted molar refractivity (Wildman–Crippen MR) is 175 cm³/mol. The summed E-state index contributed by atoms with van der Waals surface area (Å²) in [5.41, 5.74) is 3.36. The van der Waals surface area contributed by atoms with E-state index in [0.717, 1.165) is 25.8 Å². The van der Waals surface area contributed by atoms with Crippen LogP contribution in [0.2, 0.25) is 0 Å². The van der Waals surface area contributed by atoms with Crippen molar-refractivity contribution in [3.63, 3.8) is 0 Å². The summed E-state index contributed by atoms with van der Waals surface area (Å²) in [7, 11) is 0. The first-order valence-corrected chi connectivity index (χ1v) is 16.5. The number of ether oxygens (including phenoxy) is 1. The van der Waals surface area contributed by atoms with Crippen molar-refractivity contribution >= 4 is 0 Å². The molecule has 0 spiro atoms. The molecule has 0 amide bonds. The Labute approximate surface area is 263 Å². The van der Waals surface area contributed by atoms with Crippen LogP contribution in [0.4, 0.5) is 0 Å². The molecule has 0 bridgehead atoms. The van der Waals surface area contributed by atoms with Gasteiger partial charge in [-0.2, -0.15) is 0 Å². The SMILES string of the molecule is OC[C@H]1O[C@H](NCCCCCCCCCCCCNC(c2ccccc2)(c2ccccc2)c2ccccc2)[C@@H](O)[C@@H](O)[C@@H]1O. The second kappa shape index (κ2) is 18.4. The van der Waals surface area contributed by atoms with Crippen molar-refractivity contribution in [1.29, 1.82) is 0 Å². The molecule has 4 rings (SSSR count). The summed E-state index contributed by atoms with van der Waals surface area (Å²) >= 11 is 0. The number of unbranched alkanes of at least 4 members (excludes halogenated alkanes) is 9. The molecule has 1 aliphatic heterocycles. The molecule has 3 aromatic carbocycles. The molecular formula is C37H52N2O5. The molecule has 1 fully saturated rings. The first-order valence-electron chi connectivity index (χ1n) is 16.5. The van der Waals surface area contributed by atoms with Crippen LogP contribution in [-0.2, 0) is 10.3 Å². The van der Waals surface area contributed by atoms with Crippen molar-refractivity contribution in [1.82, 2.24) is 10.6 Å². The van der Waals surface area contributed by atoms with Gasteiger partial charge in [0.2, 0.25) is 0 Å². The van der Waals surface area contributed by atoms with Crippen molar-refractivity contribution < 1.29 is 25.2 Å². The Morgan fingerprint density at radius 2 is 0.932 bits per heavy atom. The summed E-state index contributed by atoms with van der Waals surface area (Å²) < 4.78 is 5.49. The minimum Gasteiger partial charge on any atom is -0.394 e. The van der Waals surface area contributed by atoms with E-state index < -0.39 is 42.8 Å². The highest BCUT2D eigenvalue weighted by atomic mass is 16.6. The van der Waals surface area contributed by atoms with Gasteiger partial charge in [0.15, 0.2) is 0 Å². The molecule has 0 unspecified atom stereocenters. The number of nitrogens with one attached hydrogen (secondary N) is 2. The molecule has 1 heterocycles. The van der Waals surface area contributed by atoms with Gasteiger partial charge >= 0.3 is 0 Å². The van der Waals surface area contributed by atoms with Crippen LogP contribution >= 0.6 is 0 Å². The van der Waals surface area contributed by atoms with Crippen LogP contribution in [0.15, 0.2) is 91.0 Å².